The van der Waals surface area contributed by atoms with E-state index in [1.807, 2.05) is 24.3 Å². The molecule has 24 heavy (non-hydrogen) atoms. The molecule has 138 valence electrons. The summed E-state index contributed by atoms with van der Waals surface area (Å²) in [6.45, 7) is 9.13. The van der Waals surface area contributed by atoms with Gasteiger partial charge in [0.1, 0.15) is 5.75 Å². The summed E-state index contributed by atoms with van der Waals surface area (Å²) in [5.41, 5.74) is 1.25. The number of benzene rings is 1. The van der Waals surface area contributed by atoms with Crippen molar-refractivity contribution in [2.45, 2.75) is 78.6 Å². The van der Waals surface area contributed by atoms with Crippen LogP contribution in [0.1, 0.15) is 84.1 Å². The SMILES string of the molecule is CCCCCCCOP(=O)(CCCC)Oc1ccc(C(C)C)cc1. The molecule has 0 fully saturated rings. The van der Waals surface area contributed by atoms with Crippen molar-refractivity contribution in [3.8, 4) is 5.75 Å². The zero-order valence-electron chi connectivity index (χ0n) is 15.9. The van der Waals surface area contributed by atoms with Crippen LogP contribution in [0.2, 0.25) is 0 Å². The first kappa shape index (κ1) is 21.3. The summed E-state index contributed by atoms with van der Waals surface area (Å²) < 4.78 is 24.5. The molecule has 0 aliphatic carbocycles. The van der Waals surface area contributed by atoms with Crippen LogP contribution in [0.5, 0.6) is 5.75 Å². The standard InChI is InChI=1S/C20H35O3P/c1-5-7-9-10-11-16-22-24(21,17-8-6-2)23-20-14-12-19(13-15-20)18(3)4/h12-15,18H,5-11,16-17H2,1-4H3. The van der Waals surface area contributed by atoms with E-state index < -0.39 is 7.60 Å². The number of unbranched alkanes of at least 4 members (excludes halogenated alkanes) is 5. The van der Waals surface area contributed by atoms with E-state index in [1.165, 1.54) is 24.8 Å². The predicted molar refractivity (Wildman–Crippen MR) is 103 cm³/mol. The normalized spacial score (nSPS) is 13.9. The van der Waals surface area contributed by atoms with Crippen molar-refractivity contribution in [2.75, 3.05) is 12.8 Å². The van der Waals surface area contributed by atoms with Gasteiger partial charge in [0.15, 0.2) is 0 Å². The summed E-state index contributed by atoms with van der Waals surface area (Å²) in [4.78, 5) is 0. The fourth-order valence-electron chi connectivity index (χ4n) is 2.47. The van der Waals surface area contributed by atoms with Gasteiger partial charge in [-0.2, -0.15) is 0 Å². The zero-order chi connectivity index (χ0) is 17.8. The highest BCUT2D eigenvalue weighted by molar-refractivity contribution is 7.54. The van der Waals surface area contributed by atoms with Crippen molar-refractivity contribution < 1.29 is 13.6 Å². The Hall–Kier alpha value is -0.790. The Kier molecular flexibility index (Phi) is 10.4. The molecule has 0 N–H and O–H groups in total. The van der Waals surface area contributed by atoms with Crippen LogP contribution < -0.4 is 4.52 Å². The third-order valence-electron chi connectivity index (χ3n) is 4.11. The summed E-state index contributed by atoms with van der Waals surface area (Å²) in [5.74, 6) is 1.12. The van der Waals surface area contributed by atoms with Crippen molar-refractivity contribution in [1.29, 1.82) is 0 Å². The Labute approximate surface area is 148 Å². The molecule has 1 rings (SSSR count). The summed E-state index contributed by atoms with van der Waals surface area (Å²) in [6, 6.07) is 7.88. The highest BCUT2D eigenvalue weighted by Gasteiger charge is 2.25. The molecular formula is C20H35O3P. The van der Waals surface area contributed by atoms with Crippen LogP contribution in [0.25, 0.3) is 0 Å². The van der Waals surface area contributed by atoms with Gasteiger partial charge in [0.25, 0.3) is 0 Å². The molecule has 0 aliphatic rings. The van der Waals surface area contributed by atoms with Crippen LogP contribution in [-0.2, 0) is 9.09 Å². The molecule has 0 radical (unpaired) electrons. The summed E-state index contributed by atoms with van der Waals surface area (Å²) in [6.07, 6.45) is 8.12. The molecule has 0 saturated heterocycles. The molecule has 0 heterocycles. The minimum Gasteiger partial charge on any atom is -0.424 e. The molecule has 1 atom stereocenters. The summed E-state index contributed by atoms with van der Waals surface area (Å²) >= 11 is 0. The van der Waals surface area contributed by atoms with Crippen molar-refractivity contribution in [3.63, 3.8) is 0 Å². The van der Waals surface area contributed by atoms with E-state index in [0.29, 0.717) is 24.4 Å². The summed E-state index contributed by atoms with van der Waals surface area (Å²) in [7, 11) is -3.05. The third-order valence-corrected chi connectivity index (χ3v) is 6.04. The van der Waals surface area contributed by atoms with Crippen molar-refractivity contribution in [1.82, 2.24) is 0 Å². The van der Waals surface area contributed by atoms with Gasteiger partial charge in [-0.05, 0) is 36.5 Å². The van der Waals surface area contributed by atoms with E-state index in [-0.39, 0.29) is 0 Å². The third kappa shape index (κ3) is 8.35. The van der Waals surface area contributed by atoms with Crippen LogP contribution in [-0.4, -0.2) is 12.8 Å². The van der Waals surface area contributed by atoms with Crippen LogP contribution in [0, 0.1) is 0 Å². The number of hydrogen-bond donors (Lipinski definition) is 0. The maximum atomic E-state index is 13.0. The Bertz CT molecular complexity index is 482. The lowest BCUT2D eigenvalue weighted by atomic mass is 10.0. The first-order valence-electron chi connectivity index (χ1n) is 9.54. The van der Waals surface area contributed by atoms with Gasteiger partial charge < -0.3 is 4.52 Å². The Morgan fingerprint density at radius 3 is 2.12 bits per heavy atom. The Morgan fingerprint density at radius 2 is 1.54 bits per heavy atom. The van der Waals surface area contributed by atoms with Crippen molar-refractivity contribution >= 4 is 7.60 Å². The van der Waals surface area contributed by atoms with E-state index in [1.54, 1.807) is 0 Å². The molecule has 0 bridgehead atoms. The topological polar surface area (TPSA) is 35.5 Å². The average Bonchev–Trinajstić information content (AvgIpc) is 2.57. The lowest BCUT2D eigenvalue weighted by Gasteiger charge is -2.19. The Morgan fingerprint density at radius 1 is 0.917 bits per heavy atom. The minimum atomic E-state index is -3.05. The molecule has 3 nitrogen and oxygen atoms in total. The molecule has 0 saturated carbocycles. The van der Waals surface area contributed by atoms with Gasteiger partial charge in [0, 0.05) is 0 Å². The quantitative estimate of drug-likeness (QED) is 0.278. The molecule has 0 spiro atoms. The van der Waals surface area contributed by atoms with E-state index >= 15 is 0 Å². The van der Waals surface area contributed by atoms with Crippen molar-refractivity contribution in [2.24, 2.45) is 0 Å². The van der Waals surface area contributed by atoms with Gasteiger partial charge in [-0.15, -0.1) is 0 Å². The maximum Gasteiger partial charge on any atom is 0.379 e. The van der Waals surface area contributed by atoms with Crippen LogP contribution in [0.4, 0.5) is 0 Å². The van der Waals surface area contributed by atoms with Gasteiger partial charge in [0.2, 0.25) is 0 Å². The zero-order valence-corrected chi connectivity index (χ0v) is 16.8. The Balaban J connectivity index is 2.57. The van der Waals surface area contributed by atoms with E-state index in [0.717, 1.165) is 25.7 Å². The molecule has 1 aromatic rings. The second kappa shape index (κ2) is 11.7. The maximum absolute atomic E-state index is 13.0. The van der Waals surface area contributed by atoms with Crippen LogP contribution in [0.3, 0.4) is 0 Å². The molecular weight excluding hydrogens is 319 g/mol. The molecule has 1 unspecified atom stereocenters. The van der Waals surface area contributed by atoms with Gasteiger partial charge >= 0.3 is 7.60 Å². The largest absolute Gasteiger partial charge is 0.424 e. The molecule has 1 aromatic carbocycles. The fourth-order valence-corrected chi connectivity index (χ4v) is 4.30. The smallest absolute Gasteiger partial charge is 0.379 e. The number of hydrogen-bond acceptors (Lipinski definition) is 3. The predicted octanol–water partition coefficient (Wildman–Crippen LogP) is 7.17. The second-order valence-corrected chi connectivity index (χ2v) is 8.86. The van der Waals surface area contributed by atoms with Gasteiger partial charge in [-0.3, -0.25) is 4.52 Å². The van der Waals surface area contributed by atoms with Crippen molar-refractivity contribution in [3.05, 3.63) is 29.8 Å². The van der Waals surface area contributed by atoms with Gasteiger partial charge in [-0.1, -0.05) is 71.9 Å². The average molecular weight is 354 g/mol. The summed E-state index contributed by atoms with van der Waals surface area (Å²) in [5, 5.41) is 0. The fraction of sp³-hybridized carbons (Fsp3) is 0.700. The highest BCUT2D eigenvalue weighted by atomic mass is 31.2. The molecule has 0 aliphatic heterocycles. The van der Waals surface area contributed by atoms with Gasteiger partial charge in [0.05, 0.1) is 12.8 Å². The van der Waals surface area contributed by atoms with Crippen LogP contribution >= 0.6 is 7.60 Å². The van der Waals surface area contributed by atoms with Crippen LogP contribution in [0.15, 0.2) is 24.3 Å². The monoisotopic (exact) mass is 354 g/mol. The van der Waals surface area contributed by atoms with E-state index in [4.69, 9.17) is 9.05 Å². The second-order valence-electron chi connectivity index (χ2n) is 6.75. The lowest BCUT2D eigenvalue weighted by Crippen LogP contribution is -2.04. The molecule has 0 aromatic heterocycles. The molecule has 0 amide bonds. The van der Waals surface area contributed by atoms with Gasteiger partial charge in [-0.25, -0.2) is 4.57 Å². The highest BCUT2D eigenvalue weighted by Crippen LogP contribution is 2.49. The first-order valence-corrected chi connectivity index (χ1v) is 11.3. The lowest BCUT2D eigenvalue weighted by molar-refractivity contribution is 0.257. The van der Waals surface area contributed by atoms with E-state index in [2.05, 4.69) is 27.7 Å². The molecule has 4 heteroatoms. The number of rotatable bonds is 13. The minimum absolute atomic E-state index is 0.477. The first-order chi connectivity index (χ1) is 11.5. The van der Waals surface area contributed by atoms with E-state index in [9.17, 15) is 4.57 Å².